The van der Waals surface area contributed by atoms with Gasteiger partial charge in [0.1, 0.15) is 18.1 Å². The molecule has 7 heteroatoms. The Labute approximate surface area is 184 Å². The lowest BCUT2D eigenvalue weighted by atomic mass is 9.52. The molecule has 32 heavy (non-hydrogen) atoms. The number of carbonyl (C=O) groups excluding carboxylic acids is 3. The lowest BCUT2D eigenvalue weighted by Gasteiger charge is -2.52. The molecule has 6 rings (SSSR count). The van der Waals surface area contributed by atoms with Gasteiger partial charge in [-0.05, 0) is 22.3 Å². The summed E-state index contributed by atoms with van der Waals surface area (Å²) in [6, 6.07) is 15.6. The highest BCUT2D eigenvalue weighted by Crippen LogP contribution is 2.64. The molecule has 2 unspecified atom stereocenters. The highest BCUT2D eigenvalue weighted by molar-refractivity contribution is 6.00. The molecule has 0 radical (unpaired) electrons. The van der Waals surface area contributed by atoms with Crippen LogP contribution in [0.15, 0.2) is 61.2 Å². The lowest BCUT2D eigenvalue weighted by Crippen LogP contribution is -2.55. The van der Waals surface area contributed by atoms with E-state index in [-0.39, 0.29) is 32.3 Å². The molecule has 0 N–H and O–H groups in total. The first-order valence-electron chi connectivity index (χ1n) is 10.5. The predicted molar refractivity (Wildman–Crippen MR) is 112 cm³/mol. The maximum atomic E-state index is 12.9. The van der Waals surface area contributed by atoms with Gasteiger partial charge in [-0.2, -0.15) is 0 Å². The van der Waals surface area contributed by atoms with Crippen LogP contribution in [0.3, 0.4) is 0 Å². The maximum absolute atomic E-state index is 12.9. The van der Waals surface area contributed by atoms with Gasteiger partial charge in [0, 0.05) is 12.0 Å². The Bertz CT molecular complexity index is 1060. The van der Waals surface area contributed by atoms with Crippen LogP contribution >= 0.6 is 0 Å². The Hall–Kier alpha value is -3.29. The molecule has 0 spiro atoms. The third-order valence-corrected chi connectivity index (χ3v) is 6.47. The van der Waals surface area contributed by atoms with Crippen LogP contribution in [0.5, 0.6) is 0 Å². The second-order valence-electron chi connectivity index (χ2n) is 7.96. The van der Waals surface area contributed by atoms with Gasteiger partial charge in [-0.15, -0.1) is 0 Å². The Morgan fingerprint density at radius 2 is 1.56 bits per heavy atom. The van der Waals surface area contributed by atoms with Gasteiger partial charge in [-0.1, -0.05) is 55.1 Å². The van der Waals surface area contributed by atoms with E-state index in [0.29, 0.717) is 0 Å². The second kappa shape index (κ2) is 8.00. The highest BCUT2D eigenvalue weighted by Gasteiger charge is 2.68. The van der Waals surface area contributed by atoms with Crippen LogP contribution in [0.4, 0.5) is 0 Å². The molecule has 1 heterocycles. The number of ether oxygens (including phenoxy) is 4. The number of hydrogen-bond acceptors (Lipinski definition) is 7. The molecule has 7 nitrogen and oxygen atoms in total. The molecule has 2 bridgehead atoms. The normalized spacial score (nSPS) is 26.7. The molecule has 3 aliphatic carbocycles. The summed E-state index contributed by atoms with van der Waals surface area (Å²) < 4.78 is 22.0. The fourth-order valence-electron chi connectivity index (χ4n) is 5.38. The van der Waals surface area contributed by atoms with Crippen LogP contribution in [0.25, 0.3) is 0 Å². The first kappa shape index (κ1) is 20.6. The molecule has 1 aliphatic heterocycles. The van der Waals surface area contributed by atoms with Gasteiger partial charge in [0.25, 0.3) is 0 Å². The van der Waals surface area contributed by atoms with E-state index < -0.39 is 35.3 Å². The van der Waals surface area contributed by atoms with Crippen molar-refractivity contribution in [3.63, 3.8) is 0 Å². The van der Waals surface area contributed by atoms with Gasteiger partial charge in [0.05, 0.1) is 25.7 Å². The van der Waals surface area contributed by atoms with E-state index in [1.807, 2.05) is 48.5 Å². The number of benzene rings is 2. The summed E-state index contributed by atoms with van der Waals surface area (Å²) >= 11 is 0. The quantitative estimate of drug-likeness (QED) is 0.273. The molecule has 0 amide bonds. The summed E-state index contributed by atoms with van der Waals surface area (Å²) in [6.45, 7) is 4.05. The smallest absolute Gasteiger partial charge is 0.330 e. The minimum Gasteiger partial charge on any atom is -0.460 e. The standard InChI is InChI=1S/C25H22O7/c1-2-19(26)30-13-11-29-12-14-31-25-17-9-5-3-7-15(17)20(16-8-4-6-10-18(16)25)21-22(25)24(28)32-23(21)27/h2-10,20-22H,1,11-14H2. The lowest BCUT2D eigenvalue weighted by molar-refractivity contribution is -0.158. The van der Waals surface area contributed by atoms with E-state index in [0.717, 1.165) is 28.3 Å². The van der Waals surface area contributed by atoms with Crippen LogP contribution in [0.2, 0.25) is 0 Å². The molecular weight excluding hydrogens is 412 g/mol. The van der Waals surface area contributed by atoms with Crippen molar-refractivity contribution in [3.05, 3.63) is 83.4 Å². The molecular formula is C25H22O7. The summed E-state index contributed by atoms with van der Waals surface area (Å²) in [7, 11) is 0. The van der Waals surface area contributed by atoms with Crippen molar-refractivity contribution >= 4 is 17.9 Å². The SMILES string of the molecule is C=CC(=O)OCCOCCOC12c3ccccc3C(c3ccccc31)C1C(=O)OC(=O)C12. The van der Waals surface area contributed by atoms with Gasteiger partial charge < -0.3 is 18.9 Å². The van der Waals surface area contributed by atoms with E-state index in [1.165, 1.54) is 0 Å². The highest BCUT2D eigenvalue weighted by atomic mass is 16.6. The monoisotopic (exact) mass is 434 g/mol. The van der Waals surface area contributed by atoms with E-state index in [4.69, 9.17) is 18.9 Å². The zero-order valence-electron chi connectivity index (χ0n) is 17.3. The van der Waals surface area contributed by atoms with Crippen LogP contribution in [0.1, 0.15) is 28.2 Å². The Morgan fingerprint density at radius 1 is 0.938 bits per heavy atom. The summed E-state index contributed by atoms with van der Waals surface area (Å²) in [5, 5.41) is 0. The average Bonchev–Trinajstić information content (AvgIpc) is 3.13. The van der Waals surface area contributed by atoms with Gasteiger partial charge in [-0.25, -0.2) is 4.79 Å². The number of esters is 3. The van der Waals surface area contributed by atoms with Gasteiger partial charge in [-0.3, -0.25) is 9.59 Å². The third kappa shape index (κ3) is 2.92. The predicted octanol–water partition coefficient (Wildman–Crippen LogP) is 2.47. The zero-order chi connectivity index (χ0) is 22.3. The molecule has 0 saturated carbocycles. The Morgan fingerprint density at radius 3 is 2.22 bits per heavy atom. The summed E-state index contributed by atoms with van der Waals surface area (Å²) in [5.74, 6) is -3.17. The average molecular weight is 434 g/mol. The molecule has 0 aromatic heterocycles. The van der Waals surface area contributed by atoms with Crippen LogP contribution in [-0.4, -0.2) is 44.3 Å². The zero-order valence-corrected chi connectivity index (χ0v) is 17.3. The topological polar surface area (TPSA) is 88.1 Å². The van der Waals surface area contributed by atoms with Gasteiger partial charge >= 0.3 is 17.9 Å². The number of hydrogen-bond donors (Lipinski definition) is 0. The minimum absolute atomic E-state index is 0.106. The van der Waals surface area contributed by atoms with E-state index in [2.05, 4.69) is 6.58 Å². The number of cyclic esters (lactones) is 2. The van der Waals surface area contributed by atoms with Gasteiger partial charge in [0.15, 0.2) is 0 Å². The van der Waals surface area contributed by atoms with Crippen LogP contribution in [0, 0.1) is 11.8 Å². The van der Waals surface area contributed by atoms with Crippen LogP contribution in [-0.2, 0) is 38.9 Å². The van der Waals surface area contributed by atoms with Crippen molar-refractivity contribution in [2.45, 2.75) is 11.5 Å². The first-order valence-corrected chi connectivity index (χ1v) is 10.5. The van der Waals surface area contributed by atoms with Crippen molar-refractivity contribution in [2.24, 2.45) is 11.8 Å². The molecule has 2 aromatic carbocycles. The fourth-order valence-corrected chi connectivity index (χ4v) is 5.38. The molecule has 1 saturated heterocycles. The van der Waals surface area contributed by atoms with Gasteiger partial charge in [0.2, 0.25) is 0 Å². The molecule has 164 valence electrons. The minimum atomic E-state index is -1.13. The molecule has 4 aliphatic rings. The third-order valence-electron chi connectivity index (χ3n) is 6.47. The summed E-state index contributed by atoms with van der Waals surface area (Å²) in [4.78, 5) is 36.7. The van der Waals surface area contributed by atoms with Crippen molar-refractivity contribution in [1.29, 1.82) is 0 Å². The Kier molecular flexibility index (Phi) is 5.15. The molecule has 2 atom stereocenters. The summed E-state index contributed by atoms with van der Waals surface area (Å²) in [5.41, 5.74) is 2.61. The van der Waals surface area contributed by atoms with E-state index >= 15 is 0 Å². The maximum Gasteiger partial charge on any atom is 0.330 e. The number of carbonyl (C=O) groups is 3. The fraction of sp³-hybridized carbons (Fsp3) is 0.320. The molecule has 1 fully saturated rings. The van der Waals surface area contributed by atoms with E-state index in [9.17, 15) is 14.4 Å². The number of rotatable bonds is 8. The van der Waals surface area contributed by atoms with Crippen molar-refractivity contribution in [2.75, 3.05) is 26.4 Å². The van der Waals surface area contributed by atoms with Crippen molar-refractivity contribution in [1.82, 2.24) is 0 Å². The first-order chi connectivity index (χ1) is 15.6. The summed E-state index contributed by atoms with van der Waals surface area (Å²) in [6.07, 6.45) is 1.09. The van der Waals surface area contributed by atoms with E-state index in [1.54, 1.807) is 0 Å². The van der Waals surface area contributed by atoms with Crippen molar-refractivity contribution < 1.29 is 33.3 Å². The Balaban J connectivity index is 1.46. The molecule has 2 aromatic rings. The largest absolute Gasteiger partial charge is 0.460 e. The van der Waals surface area contributed by atoms with Crippen LogP contribution < -0.4 is 0 Å². The second-order valence-corrected chi connectivity index (χ2v) is 7.96. The van der Waals surface area contributed by atoms with Crippen molar-refractivity contribution in [3.8, 4) is 0 Å².